The van der Waals surface area contributed by atoms with Crippen LogP contribution in [0.1, 0.15) is 29.2 Å². The molecule has 1 aliphatic heterocycles. The second-order valence-electron chi connectivity index (χ2n) is 9.00. The highest BCUT2D eigenvalue weighted by Gasteiger charge is 2.28. The first-order valence-corrected chi connectivity index (χ1v) is 11.4. The van der Waals surface area contributed by atoms with Crippen molar-refractivity contribution in [3.63, 3.8) is 0 Å². The van der Waals surface area contributed by atoms with Gasteiger partial charge in [-0.15, -0.1) is 0 Å². The Hall–Kier alpha value is -2.70. The van der Waals surface area contributed by atoms with Gasteiger partial charge < -0.3 is 10.2 Å². The summed E-state index contributed by atoms with van der Waals surface area (Å²) in [6, 6.07) is 14.2. The number of carbonyl (C=O) groups is 2. The smallest absolute Gasteiger partial charge is 0.239 e. The van der Waals surface area contributed by atoms with Gasteiger partial charge in [-0.2, -0.15) is 0 Å². The molecule has 0 saturated carbocycles. The Morgan fingerprint density at radius 3 is 2.19 bits per heavy atom. The number of anilines is 1. The first-order valence-electron chi connectivity index (χ1n) is 11.4. The molecule has 0 aliphatic carbocycles. The second kappa shape index (κ2) is 10.7. The monoisotopic (exact) mass is 436 g/mol. The SMILES string of the molecule is Cc1cc(C)c(NC(=O)CN(C)[C@@H](C)C(=O)N2CCN(Cc3ccccc3)CC2)c(C)c1. The molecule has 0 radical (unpaired) electrons. The van der Waals surface area contributed by atoms with E-state index in [1.54, 1.807) is 0 Å². The fraction of sp³-hybridized carbons (Fsp3) is 0.462. The summed E-state index contributed by atoms with van der Waals surface area (Å²) in [5, 5.41) is 3.03. The van der Waals surface area contributed by atoms with Crippen molar-refractivity contribution in [2.24, 2.45) is 0 Å². The highest BCUT2D eigenvalue weighted by Crippen LogP contribution is 2.22. The highest BCUT2D eigenvalue weighted by atomic mass is 16.2. The number of benzene rings is 2. The molecule has 172 valence electrons. The third kappa shape index (κ3) is 6.17. The van der Waals surface area contributed by atoms with E-state index in [-0.39, 0.29) is 24.4 Å². The lowest BCUT2D eigenvalue weighted by molar-refractivity contribution is -0.138. The maximum atomic E-state index is 13.0. The van der Waals surface area contributed by atoms with Gasteiger partial charge >= 0.3 is 0 Å². The molecular formula is C26H36N4O2. The van der Waals surface area contributed by atoms with E-state index in [9.17, 15) is 9.59 Å². The van der Waals surface area contributed by atoms with E-state index in [0.717, 1.165) is 49.5 Å². The van der Waals surface area contributed by atoms with Crippen LogP contribution in [-0.2, 0) is 16.1 Å². The van der Waals surface area contributed by atoms with Crippen molar-refractivity contribution in [1.29, 1.82) is 0 Å². The molecule has 2 aromatic carbocycles. The number of aryl methyl sites for hydroxylation is 3. The fourth-order valence-corrected chi connectivity index (χ4v) is 4.34. The second-order valence-corrected chi connectivity index (χ2v) is 9.00. The van der Waals surface area contributed by atoms with Gasteiger partial charge in [0.2, 0.25) is 11.8 Å². The zero-order valence-corrected chi connectivity index (χ0v) is 20.0. The predicted octanol–water partition coefficient (Wildman–Crippen LogP) is 3.22. The molecule has 0 aromatic heterocycles. The number of nitrogens with one attached hydrogen (secondary N) is 1. The molecule has 2 amide bonds. The summed E-state index contributed by atoms with van der Waals surface area (Å²) in [7, 11) is 1.84. The van der Waals surface area contributed by atoms with E-state index >= 15 is 0 Å². The first-order chi connectivity index (χ1) is 15.2. The minimum atomic E-state index is -0.346. The van der Waals surface area contributed by atoms with Crippen LogP contribution >= 0.6 is 0 Å². The van der Waals surface area contributed by atoms with Crippen LogP contribution in [0, 0.1) is 20.8 Å². The summed E-state index contributed by atoms with van der Waals surface area (Å²) in [6.07, 6.45) is 0. The molecular weight excluding hydrogens is 400 g/mol. The fourth-order valence-electron chi connectivity index (χ4n) is 4.34. The lowest BCUT2D eigenvalue weighted by Crippen LogP contribution is -2.54. The van der Waals surface area contributed by atoms with Crippen LogP contribution in [0.25, 0.3) is 0 Å². The maximum absolute atomic E-state index is 13.0. The molecule has 1 N–H and O–H groups in total. The third-order valence-corrected chi connectivity index (χ3v) is 6.29. The van der Waals surface area contributed by atoms with Crippen molar-refractivity contribution < 1.29 is 9.59 Å². The van der Waals surface area contributed by atoms with Gasteiger partial charge in [-0.1, -0.05) is 48.0 Å². The molecule has 32 heavy (non-hydrogen) atoms. The summed E-state index contributed by atoms with van der Waals surface area (Å²) < 4.78 is 0. The number of hydrogen-bond acceptors (Lipinski definition) is 4. The van der Waals surface area contributed by atoms with E-state index < -0.39 is 0 Å². The molecule has 0 spiro atoms. The number of carbonyl (C=O) groups excluding carboxylic acids is 2. The van der Waals surface area contributed by atoms with Crippen LogP contribution in [0.3, 0.4) is 0 Å². The van der Waals surface area contributed by atoms with Gasteiger partial charge in [-0.25, -0.2) is 0 Å². The zero-order chi connectivity index (χ0) is 23.3. The van der Waals surface area contributed by atoms with Gasteiger partial charge in [-0.3, -0.25) is 19.4 Å². The third-order valence-electron chi connectivity index (χ3n) is 6.29. The van der Waals surface area contributed by atoms with E-state index in [2.05, 4.69) is 46.6 Å². The molecule has 1 saturated heterocycles. The van der Waals surface area contributed by atoms with Crippen molar-refractivity contribution in [2.75, 3.05) is 45.1 Å². The average Bonchev–Trinajstić information content (AvgIpc) is 2.76. The van der Waals surface area contributed by atoms with E-state index in [1.807, 2.05) is 50.6 Å². The number of hydrogen-bond donors (Lipinski definition) is 1. The maximum Gasteiger partial charge on any atom is 0.239 e. The van der Waals surface area contributed by atoms with Crippen molar-refractivity contribution in [3.05, 3.63) is 64.7 Å². The van der Waals surface area contributed by atoms with Crippen LogP contribution in [0.15, 0.2) is 42.5 Å². The summed E-state index contributed by atoms with van der Waals surface area (Å²) in [5.41, 5.74) is 5.44. The van der Waals surface area contributed by atoms with Crippen molar-refractivity contribution in [1.82, 2.24) is 14.7 Å². The summed E-state index contributed by atoms with van der Waals surface area (Å²) in [4.78, 5) is 31.8. The lowest BCUT2D eigenvalue weighted by Gasteiger charge is -2.37. The molecule has 1 heterocycles. The molecule has 2 aromatic rings. The molecule has 1 aliphatic rings. The topological polar surface area (TPSA) is 55.9 Å². The van der Waals surface area contributed by atoms with E-state index in [0.29, 0.717) is 0 Å². The number of amides is 2. The van der Waals surface area contributed by atoms with E-state index in [4.69, 9.17) is 0 Å². The van der Waals surface area contributed by atoms with Crippen LogP contribution in [0.5, 0.6) is 0 Å². The average molecular weight is 437 g/mol. The Kier molecular flexibility index (Phi) is 8.04. The predicted molar refractivity (Wildman–Crippen MR) is 130 cm³/mol. The molecule has 1 fully saturated rings. The Bertz CT molecular complexity index is 913. The molecule has 1 atom stereocenters. The molecule has 0 bridgehead atoms. The summed E-state index contributed by atoms with van der Waals surface area (Å²) in [6.45, 7) is 12.2. The van der Waals surface area contributed by atoms with Crippen molar-refractivity contribution in [2.45, 2.75) is 40.3 Å². The van der Waals surface area contributed by atoms with Crippen LogP contribution in [0.2, 0.25) is 0 Å². The number of nitrogens with zero attached hydrogens (tertiary/aromatic N) is 3. The lowest BCUT2D eigenvalue weighted by atomic mass is 10.1. The Balaban J connectivity index is 1.48. The molecule has 6 heteroatoms. The van der Waals surface area contributed by atoms with Gasteiger partial charge in [0.15, 0.2) is 0 Å². The van der Waals surface area contributed by atoms with Gasteiger partial charge in [-0.05, 0) is 51.4 Å². The van der Waals surface area contributed by atoms with Gasteiger partial charge in [0, 0.05) is 38.4 Å². The zero-order valence-electron chi connectivity index (χ0n) is 20.0. The Morgan fingerprint density at radius 2 is 1.59 bits per heavy atom. The Morgan fingerprint density at radius 1 is 1.00 bits per heavy atom. The Labute approximate surface area is 192 Å². The van der Waals surface area contributed by atoms with Crippen molar-refractivity contribution >= 4 is 17.5 Å². The normalized spacial score (nSPS) is 15.6. The molecule has 3 rings (SSSR count). The van der Waals surface area contributed by atoms with Gasteiger partial charge in [0.05, 0.1) is 12.6 Å². The standard InChI is InChI=1S/C26H36N4O2/c1-19-15-20(2)25(21(3)16-19)27-24(31)18-28(5)22(4)26(32)30-13-11-29(12-14-30)17-23-9-7-6-8-10-23/h6-10,15-16,22H,11-14,17-18H2,1-5H3,(H,27,31)/t22-/m0/s1. The van der Waals surface area contributed by atoms with Crippen LogP contribution < -0.4 is 5.32 Å². The van der Waals surface area contributed by atoms with Crippen LogP contribution in [0.4, 0.5) is 5.69 Å². The minimum absolute atomic E-state index is 0.0855. The van der Waals surface area contributed by atoms with Crippen LogP contribution in [-0.4, -0.2) is 72.3 Å². The first kappa shape index (κ1) is 24.0. The molecule has 0 unspecified atom stereocenters. The summed E-state index contributed by atoms with van der Waals surface area (Å²) in [5.74, 6) is -0.0164. The van der Waals surface area contributed by atoms with Gasteiger partial charge in [0.1, 0.15) is 0 Å². The number of likely N-dealkylation sites (N-methyl/N-ethyl adjacent to an activating group) is 1. The largest absolute Gasteiger partial charge is 0.339 e. The quantitative estimate of drug-likeness (QED) is 0.724. The minimum Gasteiger partial charge on any atom is -0.339 e. The molecule has 6 nitrogen and oxygen atoms in total. The van der Waals surface area contributed by atoms with Gasteiger partial charge in [0.25, 0.3) is 0 Å². The van der Waals surface area contributed by atoms with E-state index in [1.165, 1.54) is 11.1 Å². The number of piperazine rings is 1. The highest BCUT2D eigenvalue weighted by molar-refractivity contribution is 5.94. The van der Waals surface area contributed by atoms with Crippen molar-refractivity contribution in [3.8, 4) is 0 Å². The summed E-state index contributed by atoms with van der Waals surface area (Å²) >= 11 is 0. The number of rotatable bonds is 7.